The molecule has 1 aliphatic heterocycles. The first-order valence-corrected chi connectivity index (χ1v) is 14.6. The van der Waals surface area contributed by atoms with Crippen molar-refractivity contribution in [2.45, 2.75) is 31.0 Å². The summed E-state index contributed by atoms with van der Waals surface area (Å²) in [5.74, 6) is -0.228. The minimum absolute atomic E-state index is 0.0222. The number of amides is 2. The van der Waals surface area contributed by atoms with Crippen LogP contribution in [-0.4, -0.2) is 39.3 Å². The van der Waals surface area contributed by atoms with Crippen molar-refractivity contribution in [2.75, 3.05) is 11.9 Å². The molecule has 2 amide bonds. The van der Waals surface area contributed by atoms with Gasteiger partial charge in [-0.3, -0.25) is 4.90 Å². The van der Waals surface area contributed by atoms with Crippen LogP contribution in [0.3, 0.4) is 0 Å². The summed E-state index contributed by atoms with van der Waals surface area (Å²) >= 11 is 0. The molecule has 0 aromatic heterocycles. The highest BCUT2D eigenvalue weighted by Crippen LogP contribution is 2.45. The van der Waals surface area contributed by atoms with E-state index in [0.717, 1.165) is 22.3 Å². The minimum atomic E-state index is -0.847. The van der Waals surface area contributed by atoms with Crippen LogP contribution in [0.1, 0.15) is 36.1 Å². The van der Waals surface area contributed by atoms with E-state index in [4.69, 9.17) is 0 Å². The normalized spacial score (nSPS) is 17.2. The highest BCUT2D eigenvalue weighted by Gasteiger charge is 2.46. The average molecular weight is 589 g/mol. The Morgan fingerprint density at radius 3 is 2.07 bits per heavy atom. The third-order valence-electron chi connectivity index (χ3n) is 8.42. The molecule has 1 saturated heterocycles. The number of carbonyl (C=O) groups excluding carboxylic acids is 1. The molecule has 6 nitrogen and oxygen atoms in total. The van der Waals surface area contributed by atoms with Gasteiger partial charge in [0.25, 0.3) is 0 Å². The van der Waals surface area contributed by atoms with E-state index in [1.807, 2.05) is 72.8 Å². The number of hydrogen-bond acceptors (Lipinski definition) is 4. The van der Waals surface area contributed by atoms with Crippen LogP contribution in [0.2, 0.25) is 0 Å². The lowest BCUT2D eigenvalue weighted by Crippen LogP contribution is -2.31. The molecular formula is C37H33FN2O4. The van der Waals surface area contributed by atoms with Gasteiger partial charge in [-0.25, -0.2) is 9.18 Å². The molecule has 0 radical (unpaired) electrons. The largest absolute Gasteiger partial charge is 0.508 e. The fourth-order valence-corrected chi connectivity index (χ4v) is 6.07. The van der Waals surface area contributed by atoms with Crippen LogP contribution in [0.15, 0.2) is 121 Å². The Bertz CT molecular complexity index is 1760. The molecule has 0 aliphatic carbocycles. The van der Waals surface area contributed by atoms with Crippen molar-refractivity contribution in [1.82, 2.24) is 4.90 Å². The van der Waals surface area contributed by atoms with Gasteiger partial charge in [0.05, 0.1) is 18.2 Å². The number of benzene rings is 5. The van der Waals surface area contributed by atoms with Crippen molar-refractivity contribution < 1.29 is 24.5 Å². The summed E-state index contributed by atoms with van der Waals surface area (Å²) in [4.78, 5) is 17.2. The molecule has 7 heteroatoms. The van der Waals surface area contributed by atoms with E-state index in [2.05, 4.69) is 0 Å². The number of aliphatic hydroxyl groups is 1. The van der Waals surface area contributed by atoms with Crippen LogP contribution >= 0.6 is 0 Å². The topological polar surface area (TPSA) is 84.2 Å². The van der Waals surface area contributed by atoms with Crippen LogP contribution in [0.25, 0.3) is 22.3 Å². The fraction of sp³-hybridized carbons (Fsp3) is 0.162. The molecule has 1 aliphatic rings. The van der Waals surface area contributed by atoms with Crippen LogP contribution in [0, 0.1) is 5.82 Å². The van der Waals surface area contributed by atoms with Gasteiger partial charge in [0.15, 0.2) is 0 Å². The third-order valence-corrected chi connectivity index (χ3v) is 8.42. The lowest BCUT2D eigenvalue weighted by atomic mass is 9.91. The van der Waals surface area contributed by atoms with Gasteiger partial charge in [0.1, 0.15) is 17.3 Å². The number of anilines is 1. The quantitative estimate of drug-likeness (QED) is 0.171. The zero-order valence-electron chi connectivity index (χ0n) is 24.2. The second kappa shape index (κ2) is 12.2. The Kier molecular flexibility index (Phi) is 8.05. The SMILES string of the molecule is CN1C(=O)N(c2ccc(-c3ccccc3)cc2)[C@H](c2ccc(-c3cccc(O)c3)cc2O)[C@H]1CCC(O)c1ccc(F)cc1. The maximum absolute atomic E-state index is 13.9. The molecule has 1 fully saturated rings. The first-order chi connectivity index (χ1) is 21.3. The Labute approximate surface area is 255 Å². The monoisotopic (exact) mass is 588 g/mol. The number of likely N-dealkylation sites (N-methyl/N-ethyl adjacent to an activating group) is 1. The maximum Gasteiger partial charge on any atom is 0.325 e. The summed E-state index contributed by atoms with van der Waals surface area (Å²) in [6, 6.07) is 34.5. The highest BCUT2D eigenvalue weighted by atomic mass is 19.1. The number of carbonyl (C=O) groups is 1. The maximum atomic E-state index is 13.9. The van der Waals surface area contributed by atoms with Crippen molar-refractivity contribution in [1.29, 1.82) is 0 Å². The summed E-state index contributed by atoms with van der Waals surface area (Å²) in [7, 11) is 1.74. The molecule has 3 N–H and O–H groups in total. The van der Waals surface area contributed by atoms with Crippen molar-refractivity contribution in [2.24, 2.45) is 0 Å². The molecule has 6 rings (SSSR count). The molecule has 44 heavy (non-hydrogen) atoms. The summed E-state index contributed by atoms with van der Waals surface area (Å²) in [6.45, 7) is 0. The van der Waals surface area contributed by atoms with Crippen molar-refractivity contribution in [3.05, 3.63) is 138 Å². The van der Waals surface area contributed by atoms with Crippen molar-refractivity contribution in [3.8, 4) is 33.8 Å². The van der Waals surface area contributed by atoms with Gasteiger partial charge in [-0.15, -0.1) is 0 Å². The molecular weight excluding hydrogens is 555 g/mol. The summed E-state index contributed by atoms with van der Waals surface area (Å²) < 4.78 is 13.5. The number of urea groups is 1. The number of hydrogen-bond donors (Lipinski definition) is 3. The Balaban J connectivity index is 1.36. The second-order valence-corrected chi connectivity index (χ2v) is 11.2. The van der Waals surface area contributed by atoms with E-state index < -0.39 is 12.1 Å². The minimum Gasteiger partial charge on any atom is -0.508 e. The van der Waals surface area contributed by atoms with Crippen LogP contribution in [0.4, 0.5) is 14.9 Å². The molecule has 3 atom stereocenters. The van der Waals surface area contributed by atoms with Gasteiger partial charge in [-0.1, -0.05) is 78.9 Å². The highest BCUT2D eigenvalue weighted by molar-refractivity contribution is 5.96. The van der Waals surface area contributed by atoms with Crippen molar-refractivity contribution >= 4 is 11.7 Å². The molecule has 1 unspecified atom stereocenters. The lowest BCUT2D eigenvalue weighted by molar-refractivity contribution is 0.148. The number of aliphatic hydroxyl groups excluding tert-OH is 1. The smallest absolute Gasteiger partial charge is 0.325 e. The summed E-state index contributed by atoms with van der Waals surface area (Å²) in [5, 5.41) is 32.3. The third kappa shape index (κ3) is 5.74. The zero-order valence-corrected chi connectivity index (χ0v) is 24.2. The molecule has 5 aromatic rings. The zero-order chi connectivity index (χ0) is 30.8. The molecule has 0 spiro atoms. The number of rotatable bonds is 8. The van der Waals surface area contributed by atoms with Gasteiger partial charge in [0, 0.05) is 18.3 Å². The number of nitrogens with zero attached hydrogens (tertiary/aromatic N) is 2. The first kappa shape index (κ1) is 29.0. The van der Waals surface area contributed by atoms with Crippen molar-refractivity contribution in [3.63, 3.8) is 0 Å². The van der Waals surface area contributed by atoms with Crippen LogP contribution < -0.4 is 4.90 Å². The van der Waals surface area contributed by atoms with Gasteiger partial charge in [0.2, 0.25) is 0 Å². The number of aromatic hydroxyl groups is 2. The summed E-state index contributed by atoms with van der Waals surface area (Å²) in [6.07, 6.45) is -0.0915. The molecule has 1 heterocycles. The molecule has 222 valence electrons. The average Bonchev–Trinajstić information content (AvgIpc) is 3.29. The van der Waals surface area contributed by atoms with Crippen LogP contribution in [0.5, 0.6) is 11.5 Å². The predicted molar refractivity (Wildman–Crippen MR) is 170 cm³/mol. The molecule has 5 aromatic carbocycles. The summed E-state index contributed by atoms with van der Waals surface area (Å²) in [5.41, 5.74) is 5.41. The van der Waals surface area contributed by atoms with Gasteiger partial charge in [-0.2, -0.15) is 0 Å². The Morgan fingerprint density at radius 1 is 0.750 bits per heavy atom. The first-order valence-electron chi connectivity index (χ1n) is 14.6. The van der Waals surface area contributed by atoms with E-state index in [1.165, 1.54) is 12.1 Å². The Morgan fingerprint density at radius 2 is 1.39 bits per heavy atom. The number of phenolic OH excluding ortho intramolecular Hbond substituents is 2. The van der Waals surface area contributed by atoms with E-state index in [0.29, 0.717) is 29.7 Å². The fourth-order valence-electron chi connectivity index (χ4n) is 6.07. The van der Waals surface area contributed by atoms with E-state index >= 15 is 0 Å². The Hall–Kier alpha value is -5.14. The van der Waals surface area contributed by atoms with E-state index in [-0.39, 0.29) is 29.4 Å². The second-order valence-electron chi connectivity index (χ2n) is 11.2. The molecule has 0 saturated carbocycles. The van der Waals surface area contributed by atoms with E-state index in [1.54, 1.807) is 53.2 Å². The lowest BCUT2D eigenvalue weighted by Gasteiger charge is -2.29. The van der Waals surface area contributed by atoms with Gasteiger partial charge < -0.3 is 20.2 Å². The predicted octanol–water partition coefficient (Wildman–Crippen LogP) is 8.07. The molecule has 0 bridgehead atoms. The number of phenols is 2. The standard InChI is InChI=1S/C37H33FN2O4/c1-39-33(20-21-34(42)26-10-15-29(38)16-11-26)36(32-19-14-28(23-35(32)43)27-8-5-9-31(41)22-27)40(37(39)44)30-17-12-25(13-18-30)24-6-3-2-4-7-24/h2-19,22-23,33-34,36,41-43H,20-21H2,1H3/t33-,34?,36-/m1/s1. The van der Waals surface area contributed by atoms with E-state index in [9.17, 15) is 24.5 Å². The van der Waals surface area contributed by atoms with Gasteiger partial charge in [-0.05, 0) is 83.1 Å². The van der Waals surface area contributed by atoms with Crippen LogP contribution in [-0.2, 0) is 0 Å². The number of halogens is 1. The van der Waals surface area contributed by atoms with Gasteiger partial charge >= 0.3 is 6.03 Å².